The van der Waals surface area contributed by atoms with Gasteiger partial charge in [-0.15, -0.1) is 0 Å². The number of hydrogen-bond donors (Lipinski definition) is 2. The van der Waals surface area contributed by atoms with Crippen LogP contribution in [0.3, 0.4) is 0 Å². The van der Waals surface area contributed by atoms with E-state index in [9.17, 15) is 5.11 Å². The maximum atomic E-state index is 10.0. The number of nitrogens with zero attached hydrogens (tertiary/aromatic N) is 2. The first kappa shape index (κ1) is 15.8. The molecule has 4 nitrogen and oxygen atoms in total. The molecule has 0 spiro atoms. The highest BCUT2D eigenvalue weighted by Crippen LogP contribution is 2.30. The minimum atomic E-state index is -0.0643. The molecule has 2 rings (SSSR count). The molecule has 112 valence electrons. The number of aromatic hydroxyl groups is 1. The number of benzene rings is 1. The third-order valence-electron chi connectivity index (χ3n) is 3.61. The number of halogens is 1. The number of pyridine rings is 1. The van der Waals surface area contributed by atoms with Crippen molar-refractivity contribution in [3.63, 3.8) is 0 Å². The highest BCUT2D eigenvalue weighted by atomic mass is 35.5. The predicted octanol–water partition coefficient (Wildman–Crippen LogP) is 2.61. The smallest absolute Gasteiger partial charge is 0.120 e. The van der Waals surface area contributed by atoms with Crippen molar-refractivity contribution in [2.24, 2.45) is 5.73 Å². The molecule has 0 saturated heterocycles. The van der Waals surface area contributed by atoms with E-state index in [4.69, 9.17) is 17.3 Å². The van der Waals surface area contributed by atoms with Crippen molar-refractivity contribution in [2.75, 3.05) is 20.1 Å². The molecular formula is C16H20ClN3O. The molecule has 2 aromatic rings. The van der Waals surface area contributed by atoms with Crippen molar-refractivity contribution in [3.05, 3.63) is 58.9 Å². The van der Waals surface area contributed by atoms with Crippen LogP contribution in [0.1, 0.15) is 17.2 Å². The van der Waals surface area contributed by atoms with E-state index < -0.39 is 0 Å². The summed E-state index contributed by atoms with van der Waals surface area (Å²) in [6.45, 7) is 1.25. The Balaban J connectivity index is 2.08. The van der Waals surface area contributed by atoms with E-state index in [0.29, 0.717) is 11.6 Å². The van der Waals surface area contributed by atoms with Crippen molar-refractivity contribution in [3.8, 4) is 5.75 Å². The molecule has 1 aromatic carbocycles. The quantitative estimate of drug-likeness (QED) is 0.861. The number of nitrogens with two attached hydrogens (primary N) is 1. The van der Waals surface area contributed by atoms with Crippen LogP contribution in [-0.2, 0) is 6.42 Å². The molecule has 1 atom stereocenters. The van der Waals surface area contributed by atoms with Gasteiger partial charge in [-0.2, -0.15) is 0 Å². The van der Waals surface area contributed by atoms with E-state index >= 15 is 0 Å². The van der Waals surface area contributed by atoms with Gasteiger partial charge in [0.2, 0.25) is 0 Å². The van der Waals surface area contributed by atoms with Crippen molar-refractivity contribution in [1.82, 2.24) is 9.88 Å². The van der Waals surface area contributed by atoms with Gasteiger partial charge in [0, 0.05) is 36.1 Å². The molecular weight excluding hydrogens is 286 g/mol. The zero-order chi connectivity index (χ0) is 15.2. The van der Waals surface area contributed by atoms with E-state index in [1.165, 1.54) is 5.56 Å². The molecule has 0 aliphatic heterocycles. The highest BCUT2D eigenvalue weighted by molar-refractivity contribution is 6.30. The number of rotatable bonds is 6. The van der Waals surface area contributed by atoms with Gasteiger partial charge in [0.15, 0.2) is 0 Å². The lowest BCUT2D eigenvalue weighted by molar-refractivity contribution is 0.248. The Labute approximate surface area is 130 Å². The number of phenolic OH excluding ortho intramolecular Hbond substituents is 1. The van der Waals surface area contributed by atoms with Crippen LogP contribution < -0.4 is 5.73 Å². The molecule has 3 N–H and O–H groups in total. The fourth-order valence-corrected chi connectivity index (χ4v) is 2.53. The summed E-state index contributed by atoms with van der Waals surface area (Å²) >= 11 is 6.02. The topological polar surface area (TPSA) is 62.4 Å². The second-order valence-electron chi connectivity index (χ2n) is 5.04. The van der Waals surface area contributed by atoms with Crippen LogP contribution in [0.2, 0.25) is 5.02 Å². The first-order chi connectivity index (χ1) is 10.1. The number of likely N-dealkylation sites (N-methyl/N-ethyl adjacent to an activating group) is 1. The molecule has 1 unspecified atom stereocenters. The molecule has 0 aliphatic rings. The minimum Gasteiger partial charge on any atom is -0.508 e. The van der Waals surface area contributed by atoms with Crippen LogP contribution in [-0.4, -0.2) is 35.1 Å². The molecule has 1 aromatic heterocycles. The van der Waals surface area contributed by atoms with Gasteiger partial charge in [-0.1, -0.05) is 11.6 Å². The number of aromatic nitrogens is 1. The predicted molar refractivity (Wildman–Crippen MR) is 85.5 cm³/mol. The Kier molecular flexibility index (Phi) is 5.56. The van der Waals surface area contributed by atoms with Crippen molar-refractivity contribution in [2.45, 2.75) is 12.5 Å². The van der Waals surface area contributed by atoms with Crippen LogP contribution in [0.4, 0.5) is 0 Å². The average Bonchev–Trinajstić information content (AvgIpc) is 2.50. The molecule has 21 heavy (non-hydrogen) atoms. The monoisotopic (exact) mass is 305 g/mol. The van der Waals surface area contributed by atoms with Crippen LogP contribution >= 0.6 is 11.6 Å². The van der Waals surface area contributed by atoms with Crippen LogP contribution in [0, 0.1) is 0 Å². The molecule has 0 amide bonds. The minimum absolute atomic E-state index is 0.0643. The second kappa shape index (κ2) is 7.41. The third-order valence-corrected chi connectivity index (χ3v) is 3.84. The normalized spacial score (nSPS) is 12.6. The van der Waals surface area contributed by atoms with Crippen molar-refractivity contribution in [1.29, 1.82) is 0 Å². The van der Waals surface area contributed by atoms with Gasteiger partial charge >= 0.3 is 0 Å². The Morgan fingerprint density at radius 1 is 1.29 bits per heavy atom. The lowest BCUT2D eigenvalue weighted by Gasteiger charge is -2.28. The fourth-order valence-electron chi connectivity index (χ4n) is 2.35. The van der Waals surface area contributed by atoms with Gasteiger partial charge in [0.1, 0.15) is 5.75 Å². The molecule has 1 heterocycles. The molecule has 0 saturated carbocycles. The SMILES string of the molecule is CN(CCc1ccncc1)C(CN)c1cc(Cl)ccc1O. The Hall–Kier alpha value is -1.62. The molecule has 0 radical (unpaired) electrons. The molecule has 0 aliphatic carbocycles. The molecule has 5 heteroatoms. The van der Waals surface area contributed by atoms with E-state index in [2.05, 4.69) is 9.88 Å². The first-order valence-electron chi connectivity index (χ1n) is 6.89. The van der Waals surface area contributed by atoms with Gasteiger partial charge in [0.05, 0.1) is 6.04 Å². The second-order valence-corrected chi connectivity index (χ2v) is 5.48. The maximum Gasteiger partial charge on any atom is 0.120 e. The third kappa shape index (κ3) is 4.17. The summed E-state index contributed by atoms with van der Waals surface area (Å²) < 4.78 is 0. The van der Waals surface area contributed by atoms with E-state index in [-0.39, 0.29) is 11.8 Å². The van der Waals surface area contributed by atoms with Crippen LogP contribution in [0.25, 0.3) is 0 Å². The lowest BCUT2D eigenvalue weighted by atomic mass is 10.0. The Bertz CT molecular complexity index is 577. The number of phenols is 1. The summed E-state index contributed by atoms with van der Waals surface area (Å²) in [4.78, 5) is 6.14. The van der Waals surface area contributed by atoms with Crippen LogP contribution in [0.15, 0.2) is 42.7 Å². The molecule has 0 fully saturated rings. The Morgan fingerprint density at radius 3 is 2.67 bits per heavy atom. The van der Waals surface area contributed by atoms with Gasteiger partial charge in [0.25, 0.3) is 0 Å². The van der Waals surface area contributed by atoms with Gasteiger partial charge in [-0.05, 0) is 49.4 Å². The van der Waals surface area contributed by atoms with Crippen molar-refractivity contribution < 1.29 is 5.11 Å². The summed E-state index contributed by atoms with van der Waals surface area (Å²) in [6.07, 6.45) is 4.48. The fraction of sp³-hybridized carbons (Fsp3) is 0.312. The molecule has 0 bridgehead atoms. The summed E-state index contributed by atoms with van der Waals surface area (Å²) in [5.74, 6) is 0.227. The first-order valence-corrected chi connectivity index (χ1v) is 7.27. The zero-order valence-electron chi connectivity index (χ0n) is 12.0. The van der Waals surface area contributed by atoms with E-state index in [1.807, 2.05) is 19.2 Å². The van der Waals surface area contributed by atoms with Crippen LogP contribution in [0.5, 0.6) is 5.75 Å². The lowest BCUT2D eigenvalue weighted by Crippen LogP contribution is -2.32. The van der Waals surface area contributed by atoms with E-state index in [1.54, 1.807) is 30.6 Å². The average molecular weight is 306 g/mol. The van der Waals surface area contributed by atoms with Gasteiger partial charge in [-0.3, -0.25) is 9.88 Å². The Morgan fingerprint density at radius 2 is 2.00 bits per heavy atom. The largest absolute Gasteiger partial charge is 0.508 e. The maximum absolute atomic E-state index is 10.0. The summed E-state index contributed by atoms with van der Waals surface area (Å²) in [7, 11) is 2.00. The number of hydrogen-bond acceptors (Lipinski definition) is 4. The standard InChI is InChI=1S/C16H20ClN3O/c1-20(9-6-12-4-7-19-8-5-12)15(11-18)14-10-13(17)2-3-16(14)21/h2-5,7-8,10,15,21H,6,9,11,18H2,1H3. The summed E-state index contributed by atoms with van der Waals surface area (Å²) in [5.41, 5.74) is 7.88. The summed E-state index contributed by atoms with van der Waals surface area (Å²) in [6, 6.07) is 8.99. The zero-order valence-corrected chi connectivity index (χ0v) is 12.8. The highest BCUT2D eigenvalue weighted by Gasteiger charge is 2.19. The summed E-state index contributed by atoms with van der Waals surface area (Å²) in [5, 5.41) is 10.6. The van der Waals surface area contributed by atoms with E-state index in [0.717, 1.165) is 18.5 Å². The van der Waals surface area contributed by atoms with Crippen molar-refractivity contribution >= 4 is 11.6 Å². The van der Waals surface area contributed by atoms with Gasteiger partial charge in [-0.25, -0.2) is 0 Å². The van der Waals surface area contributed by atoms with Gasteiger partial charge < -0.3 is 10.8 Å².